The average molecular weight is 377 g/mol. The molecule has 0 aliphatic carbocycles. The number of hydrogen-bond donors (Lipinski definition) is 1. The van der Waals surface area contributed by atoms with Gasteiger partial charge in [0.2, 0.25) is 10.0 Å². The van der Waals surface area contributed by atoms with Crippen molar-refractivity contribution in [3.8, 4) is 0 Å². The van der Waals surface area contributed by atoms with Gasteiger partial charge in [-0.25, -0.2) is 13.1 Å². The summed E-state index contributed by atoms with van der Waals surface area (Å²) in [6.07, 6.45) is 4.45. The summed E-state index contributed by atoms with van der Waals surface area (Å²) in [5.74, 6) is 0. The Kier molecular flexibility index (Phi) is 5.71. The third-order valence-corrected chi connectivity index (χ3v) is 6.87. The average Bonchev–Trinajstić information content (AvgIpc) is 3.16. The predicted octanol–water partition coefficient (Wildman–Crippen LogP) is 4.05. The molecule has 2 aromatic rings. The maximum atomic E-state index is 12.6. The minimum Gasteiger partial charge on any atom is -0.372 e. The van der Waals surface area contributed by atoms with Gasteiger partial charge in [0.15, 0.2) is 0 Å². The van der Waals surface area contributed by atoms with Crippen molar-refractivity contribution in [1.82, 2.24) is 4.72 Å². The Morgan fingerprint density at radius 2 is 1.60 bits per heavy atom. The molecule has 134 valence electrons. The number of thioether (sulfide) groups is 1. The minimum absolute atomic E-state index is 0.280. The van der Waals surface area contributed by atoms with E-state index in [9.17, 15) is 8.42 Å². The SMILES string of the molecule is CSc1ccc(S(=O)(=O)N[C@H](C)c2ccc(N3CCCC3)cc2)cc1. The number of hydrogen-bond acceptors (Lipinski definition) is 4. The van der Waals surface area contributed by atoms with E-state index in [0.717, 1.165) is 23.5 Å². The Balaban J connectivity index is 1.70. The smallest absolute Gasteiger partial charge is 0.241 e. The van der Waals surface area contributed by atoms with Crippen molar-refractivity contribution in [2.45, 2.75) is 35.6 Å². The van der Waals surface area contributed by atoms with Gasteiger partial charge < -0.3 is 4.90 Å². The highest BCUT2D eigenvalue weighted by Gasteiger charge is 2.19. The maximum absolute atomic E-state index is 12.6. The van der Waals surface area contributed by atoms with E-state index in [1.165, 1.54) is 18.5 Å². The van der Waals surface area contributed by atoms with Crippen LogP contribution in [0.2, 0.25) is 0 Å². The lowest BCUT2D eigenvalue weighted by molar-refractivity contribution is 0.567. The molecule has 3 rings (SSSR count). The van der Waals surface area contributed by atoms with Crippen LogP contribution in [0.5, 0.6) is 0 Å². The maximum Gasteiger partial charge on any atom is 0.241 e. The first-order valence-electron chi connectivity index (χ1n) is 8.51. The van der Waals surface area contributed by atoms with Gasteiger partial charge in [-0.05, 0) is 68.0 Å². The molecule has 0 radical (unpaired) electrons. The molecule has 0 aromatic heterocycles. The van der Waals surface area contributed by atoms with Crippen LogP contribution in [-0.4, -0.2) is 27.8 Å². The quantitative estimate of drug-likeness (QED) is 0.773. The van der Waals surface area contributed by atoms with E-state index in [1.54, 1.807) is 23.9 Å². The Morgan fingerprint density at radius 1 is 1.00 bits per heavy atom. The Labute approximate surface area is 154 Å². The van der Waals surface area contributed by atoms with E-state index in [4.69, 9.17) is 0 Å². The van der Waals surface area contributed by atoms with E-state index in [0.29, 0.717) is 4.90 Å². The lowest BCUT2D eigenvalue weighted by atomic mass is 10.1. The van der Waals surface area contributed by atoms with E-state index in [-0.39, 0.29) is 6.04 Å². The molecule has 1 aliphatic rings. The lowest BCUT2D eigenvalue weighted by Gasteiger charge is -2.19. The molecule has 25 heavy (non-hydrogen) atoms. The van der Waals surface area contributed by atoms with E-state index < -0.39 is 10.0 Å². The summed E-state index contributed by atoms with van der Waals surface area (Å²) in [5, 5.41) is 0. The number of nitrogens with one attached hydrogen (secondary N) is 1. The highest BCUT2D eigenvalue weighted by Crippen LogP contribution is 2.24. The molecule has 0 unspecified atom stereocenters. The molecule has 6 heteroatoms. The number of sulfonamides is 1. The highest BCUT2D eigenvalue weighted by atomic mass is 32.2. The van der Waals surface area contributed by atoms with Gasteiger partial charge in [0, 0.05) is 29.7 Å². The van der Waals surface area contributed by atoms with Crippen LogP contribution in [-0.2, 0) is 10.0 Å². The van der Waals surface area contributed by atoms with Gasteiger partial charge in [-0.15, -0.1) is 11.8 Å². The second kappa shape index (κ2) is 7.81. The molecule has 0 spiro atoms. The molecule has 4 nitrogen and oxygen atoms in total. The van der Waals surface area contributed by atoms with Crippen molar-refractivity contribution < 1.29 is 8.42 Å². The van der Waals surface area contributed by atoms with Gasteiger partial charge in [-0.3, -0.25) is 0 Å². The fraction of sp³-hybridized carbons (Fsp3) is 0.368. The summed E-state index contributed by atoms with van der Waals surface area (Å²) in [7, 11) is -3.53. The van der Waals surface area contributed by atoms with Crippen molar-refractivity contribution in [3.05, 3.63) is 54.1 Å². The summed E-state index contributed by atoms with van der Waals surface area (Å²) in [5.41, 5.74) is 2.18. The van der Waals surface area contributed by atoms with Crippen molar-refractivity contribution in [2.24, 2.45) is 0 Å². The molecule has 1 fully saturated rings. The van der Waals surface area contributed by atoms with Crippen molar-refractivity contribution in [3.63, 3.8) is 0 Å². The van der Waals surface area contributed by atoms with Crippen LogP contribution >= 0.6 is 11.8 Å². The largest absolute Gasteiger partial charge is 0.372 e. The van der Waals surface area contributed by atoms with Crippen molar-refractivity contribution >= 4 is 27.5 Å². The molecule has 0 saturated carbocycles. The van der Waals surface area contributed by atoms with Crippen LogP contribution < -0.4 is 9.62 Å². The van der Waals surface area contributed by atoms with Crippen molar-refractivity contribution in [2.75, 3.05) is 24.2 Å². The Morgan fingerprint density at radius 3 is 2.16 bits per heavy atom. The summed E-state index contributed by atoms with van der Waals surface area (Å²) in [6.45, 7) is 4.08. The minimum atomic E-state index is -3.53. The van der Waals surface area contributed by atoms with Gasteiger partial charge in [0.25, 0.3) is 0 Å². The fourth-order valence-corrected chi connectivity index (χ4v) is 4.71. The van der Waals surface area contributed by atoms with Gasteiger partial charge >= 0.3 is 0 Å². The first kappa shape index (κ1) is 18.3. The molecule has 1 atom stereocenters. The van der Waals surface area contributed by atoms with Crippen LogP contribution in [0.4, 0.5) is 5.69 Å². The Bertz CT molecular complexity index is 796. The van der Waals surface area contributed by atoms with Crippen LogP contribution in [0, 0.1) is 0 Å². The van der Waals surface area contributed by atoms with Crippen LogP contribution in [0.25, 0.3) is 0 Å². The van der Waals surface area contributed by atoms with E-state index in [1.807, 2.05) is 37.4 Å². The highest BCUT2D eigenvalue weighted by molar-refractivity contribution is 7.98. The summed E-state index contributed by atoms with van der Waals surface area (Å²) >= 11 is 1.59. The normalized spacial score (nSPS) is 16.2. The molecule has 0 bridgehead atoms. The second-order valence-corrected chi connectivity index (χ2v) is 8.90. The Hall–Kier alpha value is -1.50. The molecule has 1 heterocycles. The molecule has 1 aliphatic heterocycles. The fourth-order valence-electron chi connectivity index (χ4n) is 3.07. The monoisotopic (exact) mass is 376 g/mol. The number of anilines is 1. The van der Waals surface area contributed by atoms with Gasteiger partial charge in [-0.2, -0.15) is 0 Å². The van der Waals surface area contributed by atoms with Crippen LogP contribution in [0.1, 0.15) is 31.4 Å². The zero-order chi connectivity index (χ0) is 17.9. The number of nitrogens with zero attached hydrogens (tertiary/aromatic N) is 1. The zero-order valence-electron chi connectivity index (χ0n) is 14.6. The van der Waals surface area contributed by atoms with Crippen molar-refractivity contribution in [1.29, 1.82) is 0 Å². The molecule has 0 amide bonds. The third-order valence-electron chi connectivity index (χ3n) is 4.57. The summed E-state index contributed by atoms with van der Waals surface area (Å²) in [4.78, 5) is 3.71. The molecule has 1 N–H and O–H groups in total. The number of rotatable bonds is 6. The lowest BCUT2D eigenvalue weighted by Crippen LogP contribution is -2.27. The van der Waals surface area contributed by atoms with Crippen LogP contribution in [0.15, 0.2) is 58.3 Å². The summed E-state index contributed by atoms with van der Waals surface area (Å²) < 4.78 is 27.9. The first-order chi connectivity index (χ1) is 12.0. The second-order valence-electron chi connectivity index (χ2n) is 6.30. The summed E-state index contributed by atoms with van der Waals surface area (Å²) in [6, 6.07) is 14.9. The zero-order valence-corrected chi connectivity index (χ0v) is 16.2. The van der Waals surface area contributed by atoms with E-state index >= 15 is 0 Å². The van der Waals surface area contributed by atoms with Crippen LogP contribution in [0.3, 0.4) is 0 Å². The van der Waals surface area contributed by atoms with Gasteiger partial charge in [0.1, 0.15) is 0 Å². The number of benzene rings is 2. The van der Waals surface area contributed by atoms with Gasteiger partial charge in [-0.1, -0.05) is 12.1 Å². The predicted molar refractivity (Wildman–Crippen MR) is 105 cm³/mol. The molecule has 1 saturated heterocycles. The van der Waals surface area contributed by atoms with E-state index in [2.05, 4.69) is 21.8 Å². The molecular weight excluding hydrogens is 352 g/mol. The molecular formula is C19H24N2O2S2. The first-order valence-corrected chi connectivity index (χ1v) is 11.2. The standard InChI is InChI=1S/C19H24N2O2S2/c1-15(16-5-7-17(8-6-16)21-13-3-4-14-21)20-25(22,23)19-11-9-18(24-2)10-12-19/h5-12,15,20H,3-4,13-14H2,1-2H3/t15-/m1/s1. The third kappa shape index (κ3) is 4.37. The molecule has 2 aromatic carbocycles. The van der Waals surface area contributed by atoms with Gasteiger partial charge in [0.05, 0.1) is 4.90 Å². The topological polar surface area (TPSA) is 49.4 Å².